The average Bonchev–Trinajstić information content (AvgIpc) is 2.14. The summed E-state index contributed by atoms with van der Waals surface area (Å²) >= 11 is 3.30. The summed E-state index contributed by atoms with van der Waals surface area (Å²) in [5, 5.41) is 11.1. The molecule has 0 fully saturated rings. The minimum absolute atomic E-state index is 0.390. The van der Waals surface area contributed by atoms with E-state index in [1.807, 2.05) is 13.0 Å². The van der Waals surface area contributed by atoms with Crippen molar-refractivity contribution >= 4 is 33.5 Å². The Morgan fingerprint density at radius 2 is 2.12 bits per heavy atom. The van der Waals surface area contributed by atoms with Crippen molar-refractivity contribution in [1.82, 2.24) is 0 Å². The third kappa shape index (κ3) is 4.54. The Labute approximate surface area is 107 Å². The summed E-state index contributed by atoms with van der Waals surface area (Å²) in [6.45, 7) is 1.89. The molecule has 0 aliphatic heterocycles. The maximum Gasteiger partial charge on any atom is 0.305 e. The van der Waals surface area contributed by atoms with Gasteiger partial charge in [0.05, 0.1) is 12.5 Å². The van der Waals surface area contributed by atoms with E-state index in [-0.39, 0.29) is 0 Å². The van der Waals surface area contributed by atoms with Crippen LogP contribution in [0.4, 0.5) is 5.69 Å². The largest absolute Gasteiger partial charge is 0.481 e. The molecule has 1 amide bonds. The number of carboxylic acids is 1. The second-order valence-corrected chi connectivity index (χ2v) is 4.63. The standard InChI is InChI=1S/C11H13BrN2O3/c1-6-2-7(12)4-8(3-6)14-11(17)9(13)5-10(15)16/h2-4,9H,5,13H2,1H3,(H,14,17)(H,15,16). The molecule has 0 spiro atoms. The third-order valence-electron chi connectivity index (χ3n) is 2.04. The Morgan fingerprint density at radius 1 is 1.47 bits per heavy atom. The maximum atomic E-state index is 11.6. The number of benzene rings is 1. The number of rotatable bonds is 4. The van der Waals surface area contributed by atoms with Crippen molar-refractivity contribution in [2.24, 2.45) is 5.73 Å². The molecule has 0 bridgehead atoms. The van der Waals surface area contributed by atoms with Gasteiger partial charge in [0.15, 0.2) is 0 Å². The summed E-state index contributed by atoms with van der Waals surface area (Å²) < 4.78 is 0.833. The van der Waals surface area contributed by atoms with Crippen LogP contribution in [0.1, 0.15) is 12.0 Å². The fourth-order valence-electron chi connectivity index (χ4n) is 1.32. The van der Waals surface area contributed by atoms with Crippen LogP contribution in [0.15, 0.2) is 22.7 Å². The van der Waals surface area contributed by atoms with Crippen molar-refractivity contribution in [3.8, 4) is 0 Å². The number of nitrogens with one attached hydrogen (secondary N) is 1. The Morgan fingerprint density at radius 3 is 2.65 bits per heavy atom. The number of carboxylic acid groups (broad SMARTS) is 1. The van der Waals surface area contributed by atoms with E-state index in [0.29, 0.717) is 5.69 Å². The molecule has 1 atom stereocenters. The van der Waals surface area contributed by atoms with Crippen molar-refractivity contribution in [3.63, 3.8) is 0 Å². The molecule has 0 heterocycles. The van der Waals surface area contributed by atoms with Crippen molar-refractivity contribution in [2.75, 3.05) is 5.32 Å². The van der Waals surface area contributed by atoms with Gasteiger partial charge in [-0.25, -0.2) is 0 Å². The molecule has 1 rings (SSSR count). The zero-order chi connectivity index (χ0) is 13.0. The Balaban J connectivity index is 2.70. The first kappa shape index (κ1) is 13.7. The summed E-state index contributed by atoms with van der Waals surface area (Å²) in [6.07, 6.45) is -0.390. The maximum absolute atomic E-state index is 11.6. The van der Waals surface area contributed by atoms with Crippen LogP contribution < -0.4 is 11.1 Å². The topological polar surface area (TPSA) is 92.4 Å². The second-order valence-electron chi connectivity index (χ2n) is 3.71. The zero-order valence-corrected chi connectivity index (χ0v) is 10.8. The molecule has 0 aliphatic carbocycles. The van der Waals surface area contributed by atoms with Crippen LogP contribution in [0.2, 0.25) is 0 Å². The molecule has 5 nitrogen and oxygen atoms in total. The number of hydrogen-bond acceptors (Lipinski definition) is 3. The number of nitrogens with two attached hydrogens (primary N) is 1. The molecule has 17 heavy (non-hydrogen) atoms. The molecular formula is C11H13BrN2O3. The monoisotopic (exact) mass is 300 g/mol. The minimum Gasteiger partial charge on any atom is -0.481 e. The SMILES string of the molecule is Cc1cc(Br)cc(NC(=O)C(N)CC(=O)O)c1. The second kappa shape index (κ2) is 5.79. The lowest BCUT2D eigenvalue weighted by Gasteiger charge is -2.11. The first-order chi connectivity index (χ1) is 7.88. The molecule has 1 aromatic rings. The van der Waals surface area contributed by atoms with E-state index in [1.54, 1.807) is 12.1 Å². The van der Waals surface area contributed by atoms with Crippen LogP contribution in [0, 0.1) is 6.92 Å². The molecule has 0 aliphatic rings. The molecular weight excluding hydrogens is 288 g/mol. The number of anilines is 1. The number of halogens is 1. The van der Waals surface area contributed by atoms with Gasteiger partial charge in [0.1, 0.15) is 0 Å². The van der Waals surface area contributed by atoms with Gasteiger partial charge in [-0.1, -0.05) is 15.9 Å². The highest BCUT2D eigenvalue weighted by molar-refractivity contribution is 9.10. The normalized spacial score (nSPS) is 11.9. The van der Waals surface area contributed by atoms with E-state index >= 15 is 0 Å². The molecule has 0 saturated carbocycles. The van der Waals surface area contributed by atoms with Gasteiger partial charge in [-0.3, -0.25) is 9.59 Å². The highest BCUT2D eigenvalue weighted by Crippen LogP contribution is 2.19. The quantitative estimate of drug-likeness (QED) is 0.785. The van der Waals surface area contributed by atoms with Crippen LogP contribution in [-0.4, -0.2) is 23.0 Å². The molecule has 4 N–H and O–H groups in total. The zero-order valence-electron chi connectivity index (χ0n) is 9.24. The van der Waals surface area contributed by atoms with Crippen LogP contribution in [-0.2, 0) is 9.59 Å². The average molecular weight is 301 g/mol. The number of aryl methyl sites for hydroxylation is 1. The summed E-state index contributed by atoms with van der Waals surface area (Å²) in [6, 6.07) is 4.34. The number of carbonyl (C=O) groups is 2. The molecule has 0 radical (unpaired) electrons. The van der Waals surface area contributed by atoms with Gasteiger partial charge < -0.3 is 16.2 Å². The fraction of sp³-hybridized carbons (Fsp3) is 0.273. The van der Waals surface area contributed by atoms with Crippen molar-refractivity contribution in [3.05, 3.63) is 28.2 Å². The highest BCUT2D eigenvalue weighted by Gasteiger charge is 2.17. The predicted octanol–water partition coefficient (Wildman–Crippen LogP) is 1.50. The number of aliphatic carboxylic acids is 1. The molecule has 0 aromatic heterocycles. The molecule has 6 heteroatoms. The lowest BCUT2D eigenvalue weighted by Crippen LogP contribution is -2.37. The lowest BCUT2D eigenvalue weighted by molar-refractivity contribution is -0.138. The molecule has 0 saturated heterocycles. The van der Waals surface area contributed by atoms with Crippen LogP contribution in [0.25, 0.3) is 0 Å². The first-order valence-corrected chi connectivity index (χ1v) is 5.73. The summed E-state index contributed by atoms with van der Waals surface area (Å²) in [4.78, 5) is 22.0. The number of carbonyl (C=O) groups excluding carboxylic acids is 1. The van der Waals surface area contributed by atoms with Gasteiger partial charge in [-0.2, -0.15) is 0 Å². The van der Waals surface area contributed by atoms with Crippen molar-refractivity contribution < 1.29 is 14.7 Å². The molecule has 1 unspecified atom stereocenters. The van der Waals surface area contributed by atoms with Gasteiger partial charge in [-0.05, 0) is 30.7 Å². The van der Waals surface area contributed by atoms with Gasteiger partial charge in [-0.15, -0.1) is 0 Å². The van der Waals surface area contributed by atoms with Crippen molar-refractivity contribution in [2.45, 2.75) is 19.4 Å². The number of amides is 1. The number of hydrogen-bond donors (Lipinski definition) is 3. The Bertz CT molecular complexity index is 428. The van der Waals surface area contributed by atoms with E-state index in [0.717, 1.165) is 10.0 Å². The highest BCUT2D eigenvalue weighted by atomic mass is 79.9. The van der Waals surface area contributed by atoms with Gasteiger partial charge in [0.25, 0.3) is 0 Å². The first-order valence-electron chi connectivity index (χ1n) is 4.94. The predicted molar refractivity (Wildman–Crippen MR) is 67.7 cm³/mol. The smallest absolute Gasteiger partial charge is 0.305 e. The van der Waals surface area contributed by atoms with Crippen LogP contribution >= 0.6 is 15.9 Å². The summed E-state index contributed by atoms with van der Waals surface area (Å²) in [7, 11) is 0. The van der Waals surface area contributed by atoms with Crippen LogP contribution in [0.5, 0.6) is 0 Å². The fourth-order valence-corrected chi connectivity index (χ4v) is 1.93. The van der Waals surface area contributed by atoms with E-state index in [9.17, 15) is 9.59 Å². The summed E-state index contributed by atoms with van der Waals surface area (Å²) in [5.41, 5.74) is 7.00. The van der Waals surface area contributed by atoms with E-state index in [4.69, 9.17) is 10.8 Å². The van der Waals surface area contributed by atoms with Gasteiger partial charge >= 0.3 is 5.97 Å². The lowest BCUT2D eigenvalue weighted by atomic mass is 10.2. The molecule has 92 valence electrons. The van der Waals surface area contributed by atoms with E-state index < -0.39 is 24.3 Å². The van der Waals surface area contributed by atoms with Crippen molar-refractivity contribution in [1.29, 1.82) is 0 Å². The van der Waals surface area contributed by atoms with E-state index in [1.165, 1.54) is 0 Å². The Hall–Kier alpha value is -1.40. The van der Waals surface area contributed by atoms with Gasteiger partial charge in [0.2, 0.25) is 5.91 Å². The molecule has 1 aromatic carbocycles. The van der Waals surface area contributed by atoms with Crippen LogP contribution in [0.3, 0.4) is 0 Å². The van der Waals surface area contributed by atoms with E-state index in [2.05, 4.69) is 21.2 Å². The minimum atomic E-state index is -1.10. The summed E-state index contributed by atoms with van der Waals surface area (Å²) in [5.74, 6) is -1.61. The third-order valence-corrected chi connectivity index (χ3v) is 2.50. The Kier molecular flexibility index (Phi) is 4.65. The van der Waals surface area contributed by atoms with Gasteiger partial charge in [0, 0.05) is 10.2 Å².